The summed E-state index contributed by atoms with van der Waals surface area (Å²) in [5.41, 5.74) is 2.91. The third-order valence-electron chi connectivity index (χ3n) is 3.07. The van der Waals surface area contributed by atoms with Gasteiger partial charge in [-0.2, -0.15) is 0 Å². The summed E-state index contributed by atoms with van der Waals surface area (Å²) in [6.07, 6.45) is 0. The number of carbonyl (C=O) groups excluding carboxylic acids is 1. The Hall–Kier alpha value is -2.49. The lowest BCUT2D eigenvalue weighted by atomic mass is 10.1. The van der Waals surface area contributed by atoms with Crippen molar-refractivity contribution in [2.75, 3.05) is 10.6 Å². The zero-order valence-corrected chi connectivity index (χ0v) is 12.5. The average Bonchev–Trinajstić information content (AvgIpc) is 2.42. The summed E-state index contributed by atoms with van der Waals surface area (Å²) in [6.45, 7) is 5.89. The van der Waals surface area contributed by atoms with E-state index in [0.717, 1.165) is 11.3 Å². The first kappa shape index (κ1) is 14.9. The Morgan fingerprint density at radius 2 is 1.81 bits per heavy atom. The van der Waals surface area contributed by atoms with Crippen LogP contribution in [0.4, 0.5) is 11.4 Å². The smallest absolute Gasteiger partial charge is 0.257 e. The maximum atomic E-state index is 12.4. The highest BCUT2D eigenvalue weighted by Gasteiger charge is 2.12. The minimum atomic E-state index is -0.174. The molecule has 0 saturated carbocycles. The van der Waals surface area contributed by atoms with E-state index in [4.69, 9.17) is 0 Å². The molecule has 0 spiro atoms. The van der Waals surface area contributed by atoms with Crippen LogP contribution in [0, 0.1) is 6.92 Å². The molecule has 0 bridgehead atoms. The third kappa shape index (κ3) is 3.75. The summed E-state index contributed by atoms with van der Waals surface area (Å²) < 4.78 is 0. The van der Waals surface area contributed by atoms with Crippen molar-refractivity contribution in [3.63, 3.8) is 0 Å². The van der Waals surface area contributed by atoms with E-state index in [2.05, 4.69) is 10.6 Å². The van der Waals surface area contributed by atoms with Crippen LogP contribution >= 0.6 is 0 Å². The average molecular weight is 284 g/mol. The van der Waals surface area contributed by atoms with Crippen molar-refractivity contribution in [2.24, 2.45) is 0 Å². The molecule has 2 aromatic rings. The molecule has 4 heteroatoms. The predicted molar refractivity (Wildman–Crippen MR) is 86.0 cm³/mol. The van der Waals surface area contributed by atoms with Crippen LogP contribution in [0.15, 0.2) is 42.5 Å². The number of benzene rings is 2. The van der Waals surface area contributed by atoms with Crippen LogP contribution in [0.5, 0.6) is 5.75 Å². The van der Waals surface area contributed by atoms with E-state index in [9.17, 15) is 9.90 Å². The summed E-state index contributed by atoms with van der Waals surface area (Å²) >= 11 is 0. The molecule has 0 radical (unpaired) electrons. The Morgan fingerprint density at radius 1 is 1.10 bits per heavy atom. The fourth-order valence-corrected chi connectivity index (χ4v) is 2.10. The molecule has 2 aromatic carbocycles. The van der Waals surface area contributed by atoms with E-state index in [1.807, 2.05) is 39.0 Å². The zero-order valence-electron chi connectivity index (χ0n) is 12.5. The van der Waals surface area contributed by atoms with Gasteiger partial charge in [-0.3, -0.25) is 4.79 Å². The van der Waals surface area contributed by atoms with Crippen molar-refractivity contribution in [1.82, 2.24) is 0 Å². The van der Waals surface area contributed by atoms with E-state index in [-0.39, 0.29) is 17.7 Å². The molecule has 3 N–H and O–H groups in total. The molecule has 0 heterocycles. The number of para-hydroxylation sites is 1. The Labute approximate surface area is 124 Å². The van der Waals surface area contributed by atoms with Gasteiger partial charge in [-0.05, 0) is 56.7 Å². The van der Waals surface area contributed by atoms with Gasteiger partial charge >= 0.3 is 0 Å². The minimum absolute atomic E-state index is 0.174. The maximum absolute atomic E-state index is 12.4. The number of aryl methyl sites for hydroxylation is 1. The van der Waals surface area contributed by atoms with Crippen LogP contribution in [0.25, 0.3) is 0 Å². The van der Waals surface area contributed by atoms with Crippen molar-refractivity contribution in [2.45, 2.75) is 26.8 Å². The number of hydrogen-bond acceptors (Lipinski definition) is 3. The first-order valence-electron chi connectivity index (χ1n) is 6.94. The number of anilines is 2. The molecule has 1 amide bonds. The highest BCUT2D eigenvalue weighted by Crippen LogP contribution is 2.22. The van der Waals surface area contributed by atoms with Gasteiger partial charge in [0.2, 0.25) is 0 Å². The Bertz CT molecular complexity index is 651. The maximum Gasteiger partial charge on any atom is 0.257 e. The molecule has 0 aliphatic rings. The van der Waals surface area contributed by atoms with Crippen LogP contribution < -0.4 is 10.6 Å². The molecule has 0 saturated heterocycles. The molecule has 21 heavy (non-hydrogen) atoms. The SMILES string of the molecule is Cc1cc(O)ccc1NC(=O)c1ccccc1NC(C)C. The first-order chi connectivity index (χ1) is 9.97. The number of aromatic hydroxyl groups is 1. The number of amides is 1. The molecule has 0 unspecified atom stereocenters. The van der Waals surface area contributed by atoms with Gasteiger partial charge in [0.05, 0.1) is 5.56 Å². The number of nitrogens with one attached hydrogen (secondary N) is 2. The molecule has 2 rings (SSSR count). The molecule has 0 aromatic heterocycles. The van der Waals surface area contributed by atoms with Gasteiger partial charge in [-0.25, -0.2) is 0 Å². The second-order valence-corrected chi connectivity index (χ2v) is 5.30. The second kappa shape index (κ2) is 6.31. The molecule has 0 aliphatic carbocycles. The van der Waals surface area contributed by atoms with Crippen molar-refractivity contribution >= 4 is 17.3 Å². The van der Waals surface area contributed by atoms with Gasteiger partial charge in [-0.1, -0.05) is 12.1 Å². The standard InChI is InChI=1S/C17H20N2O2/c1-11(2)18-16-7-5-4-6-14(16)17(21)19-15-9-8-13(20)10-12(15)3/h4-11,18,20H,1-3H3,(H,19,21). The first-order valence-corrected chi connectivity index (χ1v) is 6.94. The van der Waals surface area contributed by atoms with E-state index >= 15 is 0 Å². The van der Waals surface area contributed by atoms with Crippen LogP contribution in [0.1, 0.15) is 29.8 Å². The number of phenolic OH excluding ortho intramolecular Hbond substituents is 1. The summed E-state index contributed by atoms with van der Waals surface area (Å²) in [5, 5.41) is 15.5. The van der Waals surface area contributed by atoms with Crippen LogP contribution in [0.2, 0.25) is 0 Å². The zero-order chi connectivity index (χ0) is 15.4. The molecule has 0 fully saturated rings. The predicted octanol–water partition coefficient (Wildman–Crippen LogP) is 3.77. The Kier molecular flexibility index (Phi) is 4.48. The third-order valence-corrected chi connectivity index (χ3v) is 3.07. The van der Waals surface area contributed by atoms with Crippen LogP contribution in [-0.2, 0) is 0 Å². The number of carbonyl (C=O) groups is 1. The molecule has 110 valence electrons. The molecular formula is C17H20N2O2. The lowest BCUT2D eigenvalue weighted by Gasteiger charge is -2.15. The second-order valence-electron chi connectivity index (χ2n) is 5.30. The summed E-state index contributed by atoms with van der Waals surface area (Å²) in [5.74, 6) is 0.0138. The van der Waals surface area contributed by atoms with Crippen molar-refractivity contribution in [1.29, 1.82) is 0 Å². The number of phenols is 1. The Balaban J connectivity index is 2.24. The summed E-state index contributed by atoms with van der Waals surface area (Å²) in [6, 6.07) is 12.5. The highest BCUT2D eigenvalue weighted by molar-refractivity contribution is 6.08. The van der Waals surface area contributed by atoms with Crippen LogP contribution in [-0.4, -0.2) is 17.1 Å². The van der Waals surface area contributed by atoms with Crippen molar-refractivity contribution in [3.05, 3.63) is 53.6 Å². The quantitative estimate of drug-likeness (QED) is 0.749. The van der Waals surface area contributed by atoms with Gasteiger partial charge < -0.3 is 15.7 Å². The van der Waals surface area contributed by atoms with Crippen LogP contribution in [0.3, 0.4) is 0 Å². The molecule has 0 atom stereocenters. The van der Waals surface area contributed by atoms with Gasteiger partial charge in [0.25, 0.3) is 5.91 Å². The number of hydrogen-bond donors (Lipinski definition) is 3. The fourth-order valence-electron chi connectivity index (χ4n) is 2.10. The summed E-state index contributed by atoms with van der Waals surface area (Å²) in [4.78, 5) is 12.4. The minimum Gasteiger partial charge on any atom is -0.508 e. The topological polar surface area (TPSA) is 61.4 Å². The fraction of sp³-hybridized carbons (Fsp3) is 0.235. The van der Waals surface area contributed by atoms with E-state index in [0.29, 0.717) is 11.3 Å². The van der Waals surface area contributed by atoms with Gasteiger partial charge in [0.15, 0.2) is 0 Å². The van der Waals surface area contributed by atoms with Crippen molar-refractivity contribution < 1.29 is 9.90 Å². The molecule has 0 aliphatic heterocycles. The normalized spacial score (nSPS) is 10.5. The van der Waals surface area contributed by atoms with E-state index in [1.165, 1.54) is 0 Å². The molecule has 4 nitrogen and oxygen atoms in total. The monoisotopic (exact) mass is 284 g/mol. The van der Waals surface area contributed by atoms with E-state index in [1.54, 1.807) is 24.3 Å². The lowest BCUT2D eigenvalue weighted by Crippen LogP contribution is -2.18. The van der Waals surface area contributed by atoms with Crippen molar-refractivity contribution in [3.8, 4) is 5.75 Å². The largest absolute Gasteiger partial charge is 0.508 e. The Morgan fingerprint density at radius 3 is 2.48 bits per heavy atom. The van der Waals surface area contributed by atoms with Gasteiger partial charge in [0, 0.05) is 17.4 Å². The highest BCUT2D eigenvalue weighted by atomic mass is 16.3. The number of rotatable bonds is 4. The van der Waals surface area contributed by atoms with Gasteiger partial charge in [-0.15, -0.1) is 0 Å². The molecular weight excluding hydrogens is 264 g/mol. The van der Waals surface area contributed by atoms with Gasteiger partial charge in [0.1, 0.15) is 5.75 Å². The lowest BCUT2D eigenvalue weighted by molar-refractivity contribution is 0.102. The van der Waals surface area contributed by atoms with E-state index < -0.39 is 0 Å². The summed E-state index contributed by atoms with van der Waals surface area (Å²) in [7, 11) is 0.